The van der Waals surface area contributed by atoms with E-state index in [-0.39, 0.29) is 0 Å². The summed E-state index contributed by atoms with van der Waals surface area (Å²) in [6.07, 6.45) is 4.44. The molecule has 2 aliphatic carbocycles. The van der Waals surface area contributed by atoms with Gasteiger partial charge in [-0.25, -0.2) is 0 Å². The molecule has 11 heavy (non-hydrogen) atoms. The summed E-state index contributed by atoms with van der Waals surface area (Å²) in [6.45, 7) is 4.86. The lowest BCUT2D eigenvalue weighted by atomic mass is 9.73. The molecule has 0 heterocycles. The summed E-state index contributed by atoms with van der Waals surface area (Å²) in [5.41, 5.74) is 0.567. The van der Waals surface area contributed by atoms with E-state index < -0.39 is 0 Å². The molecule has 0 aromatic heterocycles. The molecule has 3 unspecified atom stereocenters. The highest BCUT2D eigenvalue weighted by molar-refractivity contribution is 5.05. The molecule has 2 aliphatic rings. The number of hydrogen-bond acceptors (Lipinski definition) is 1. The normalized spacial score (nSPS) is 46.6. The molecule has 2 bridgehead atoms. The second-order valence-electron chi connectivity index (χ2n) is 4.86. The van der Waals surface area contributed by atoms with Crippen molar-refractivity contribution in [2.75, 3.05) is 7.05 Å². The lowest BCUT2D eigenvalue weighted by molar-refractivity contribution is 0.158. The van der Waals surface area contributed by atoms with Gasteiger partial charge in [0.15, 0.2) is 0 Å². The third-order valence-corrected chi connectivity index (χ3v) is 4.11. The minimum atomic E-state index is 0.567. The summed E-state index contributed by atoms with van der Waals surface area (Å²) < 4.78 is 0. The molecule has 3 atom stereocenters. The minimum Gasteiger partial charge on any atom is -0.316 e. The summed E-state index contributed by atoms with van der Waals surface area (Å²) >= 11 is 0. The lowest BCUT2D eigenvalue weighted by Gasteiger charge is -2.38. The van der Waals surface area contributed by atoms with Crippen molar-refractivity contribution >= 4 is 0 Å². The number of fused-ring (bicyclic) bond motifs is 2. The zero-order valence-electron chi connectivity index (χ0n) is 7.85. The van der Waals surface area contributed by atoms with E-state index in [0.29, 0.717) is 5.41 Å². The van der Waals surface area contributed by atoms with Gasteiger partial charge in [-0.3, -0.25) is 0 Å². The third kappa shape index (κ3) is 0.868. The first-order valence-corrected chi connectivity index (χ1v) is 4.83. The van der Waals surface area contributed by atoms with E-state index in [1.54, 1.807) is 0 Å². The molecular formula is C10H19N. The van der Waals surface area contributed by atoms with Crippen LogP contribution in [0.25, 0.3) is 0 Å². The number of rotatable bonds is 1. The molecule has 0 radical (unpaired) electrons. The van der Waals surface area contributed by atoms with Crippen LogP contribution < -0.4 is 5.32 Å². The Labute approximate surface area is 69.6 Å². The van der Waals surface area contributed by atoms with E-state index in [4.69, 9.17) is 0 Å². The van der Waals surface area contributed by atoms with Crippen molar-refractivity contribution in [1.29, 1.82) is 0 Å². The fourth-order valence-electron chi connectivity index (χ4n) is 3.46. The highest BCUT2D eigenvalue weighted by Gasteiger charge is 2.51. The van der Waals surface area contributed by atoms with Crippen molar-refractivity contribution in [1.82, 2.24) is 5.32 Å². The Morgan fingerprint density at radius 2 is 2.00 bits per heavy atom. The van der Waals surface area contributed by atoms with E-state index in [2.05, 4.69) is 26.2 Å². The Kier molecular flexibility index (Phi) is 1.54. The van der Waals surface area contributed by atoms with E-state index in [0.717, 1.165) is 17.9 Å². The second kappa shape index (κ2) is 2.22. The third-order valence-electron chi connectivity index (χ3n) is 4.11. The first-order chi connectivity index (χ1) is 5.16. The van der Waals surface area contributed by atoms with Gasteiger partial charge < -0.3 is 5.32 Å². The van der Waals surface area contributed by atoms with Gasteiger partial charge >= 0.3 is 0 Å². The van der Waals surface area contributed by atoms with Crippen molar-refractivity contribution in [3.8, 4) is 0 Å². The maximum Gasteiger partial charge on any atom is 0.0146 e. The van der Waals surface area contributed by atoms with Crippen molar-refractivity contribution in [3.05, 3.63) is 0 Å². The summed E-state index contributed by atoms with van der Waals surface area (Å²) in [6, 6.07) is 0.793. The molecule has 2 rings (SSSR count). The van der Waals surface area contributed by atoms with Crippen LogP contribution in [0, 0.1) is 17.3 Å². The van der Waals surface area contributed by atoms with Crippen molar-refractivity contribution in [2.45, 2.75) is 39.2 Å². The van der Waals surface area contributed by atoms with Crippen LogP contribution in [-0.4, -0.2) is 13.1 Å². The molecule has 1 N–H and O–H groups in total. The van der Waals surface area contributed by atoms with E-state index in [1.165, 1.54) is 19.3 Å². The van der Waals surface area contributed by atoms with Gasteiger partial charge in [0.05, 0.1) is 0 Å². The summed E-state index contributed by atoms with van der Waals surface area (Å²) in [5, 5.41) is 3.49. The van der Waals surface area contributed by atoms with Gasteiger partial charge in [0.2, 0.25) is 0 Å². The smallest absolute Gasteiger partial charge is 0.0146 e. The fraction of sp³-hybridized carbons (Fsp3) is 1.00. The molecule has 1 nitrogen and oxygen atoms in total. The molecule has 0 amide bonds. The molecule has 0 aromatic rings. The molecule has 0 aromatic carbocycles. The maximum atomic E-state index is 3.49. The monoisotopic (exact) mass is 153 g/mol. The van der Waals surface area contributed by atoms with Crippen LogP contribution in [0.1, 0.15) is 33.1 Å². The van der Waals surface area contributed by atoms with E-state index >= 15 is 0 Å². The molecule has 0 spiro atoms. The van der Waals surface area contributed by atoms with Gasteiger partial charge in [-0.2, -0.15) is 0 Å². The average molecular weight is 153 g/mol. The van der Waals surface area contributed by atoms with Crippen molar-refractivity contribution < 1.29 is 0 Å². The van der Waals surface area contributed by atoms with Crippen molar-refractivity contribution in [2.24, 2.45) is 17.3 Å². The molecule has 0 aliphatic heterocycles. The van der Waals surface area contributed by atoms with Crippen LogP contribution in [0.5, 0.6) is 0 Å². The maximum absolute atomic E-state index is 3.49. The highest BCUT2D eigenvalue weighted by Crippen LogP contribution is 2.55. The Morgan fingerprint density at radius 3 is 2.36 bits per heavy atom. The molecule has 1 heteroatoms. The standard InChI is InChI=1S/C10H19N/c1-10(2)8-5-4-7(6-8)9(10)11-3/h7-9,11H,4-6H2,1-3H3. The van der Waals surface area contributed by atoms with Crippen LogP contribution >= 0.6 is 0 Å². The topological polar surface area (TPSA) is 12.0 Å². The predicted octanol–water partition coefficient (Wildman–Crippen LogP) is 2.03. The molecule has 2 saturated carbocycles. The van der Waals surface area contributed by atoms with Gasteiger partial charge in [-0.1, -0.05) is 13.8 Å². The summed E-state index contributed by atoms with van der Waals surface area (Å²) in [7, 11) is 2.12. The van der Waals surface area contributed by atoms with Crippen LogP contribution in [0.2, 0.25) is 0 Å². The summed E-state index contributed by atoms with van der Waals surface area (Å²) in [5.74, 6) is 1.99. The Morgan fingerprint density at radius 1 is 1.27 bits per heavy atom. The van der Waals surface area contributed by atoms with Gasteiger partial charge in [-0.05, 0) is 43.6 Å². The summed E-state index contributed by atoms with van der Waals surface area (Å²) in [4.78, 5) is 0. The largest absolute Gasteiger partial charge is 0.316 e. The molecule has 2 fully saturated rings. The van der Waals surface area contributed by atoms with E-state index in [1.807, 2.05) is 0 Å². The van der Waals surface area contributed by atoms with Crippen LogP contribution in [-0.2, 0) is 0 Å². The predicted molar refractivity (Wildman–Crippen MR) is 47.5 cm³/mol. The lowest BCUT2D eigenvalue weighted by Crippen LogP contribution is -2.44. The van der Waals surface area contributed by atoms with Gasteiger partial charge in [0.25, 0.3) is 0 Å². The van der Waals surface area contributed by atoms with Gasteiger partial charge in [0.1, 0.15) is 0 Å². The fourth-order valence-corrected chi connectivity index (χ4v) is 3.46. The zero-order valence-corrected chi connectivity index (χ0v) is 7.85. The van der Waals surface area contributed by atoms with Crippen molar-refractivity contribution in [3.63, 3.8) is 0 Å². The van der Waals surface area contributed by atoms with Crippen LogP contribution in [0.3, 0.4) is 0 Å². The molecular weight excluding hydrogens is 134 g/mol. The number of hydrogen-bond donors (Lipinski definition) is 1. The van der Waals surface area contributed by atoms with Gasteiger partial charge in [0, 0.05) is 6.04 Å². The zero-order chi connectivity index (χ0) is 8.06. The highest BCUT2D eigenvalue weighted by atomic mass is 14.9. The Bertz CT molecular complexity index is 162. The van der Waals surface area contributed by atoms with Gasteiger partial charge in [-0.15, -0.1) is 0 Å². The van der Waals surface area contributed by atoms with E-state index in [9.17, 15) is 0 Å². The SMILES string of the molecule is CNC1C2CCC(C2)C1(C)C. The Balaban J connectivity index is 2.21. The first-order valence-electron chi connectivity index (χ1n) is 4.83. The molecule has 64 valence electrons. The second-order valence-corrected chi connectivity index (χ2v) is 4.86. The quantitative estimate of drug-likeness (QED) is 0.608. The molecule has 0 saturated heterocycles. The van der Waals surface area contributed by atoms with Crippen LogP contribution in [0.4, 0.5) is 0 Å². The number of nitrogens with one attached hydrogen (secondary N) is 1. The average Bonchev–Trinajstić information content (AvgIpc) is 2.44. The van der Waals surface area contributed by atoms with Crippen LogP contribution in [0.15, 0.2) is 0 Å². The minimum absolute atomic E-state index is 0.567. The first kappa shape index (κ1) is 7.60. The Hall–Kier alpha value is -0.0400.